The highest BCUT2D eigenvalue weighted by Gasteiger charge is 2.24. The number of rotatable bonds is 14. The lowest BCUT2D eigenvalue weighted by atomic mass is 10.0. The fraction of sp³-hybridized carbons (Fsp3) is 0.643. The summed E-state index contributed by atoms with van der Waals surface area (Å²) >= 11 is 0. The summed E-state index contributed by atoms with van der Waals surface area (Å²) in [4.78, 5) is 2.50. The molecule has 0 bridgehead atoms. The number of likely N-dealkylation sites (tertiary alicyclic amines) is 1. The average Bonchev–Trinajstić information content (AvgIpc) is 3.21. The minimum Gasteiger partial charge on any atom is -0.299 e. The number of pyridine rings is 2. The molecule has 2 aromatic rings. The molecule has 3 heterocycles. The van der Waals surface area contributed by atoms with Gasteiger partial charge in [-0.3, -0.25) is 4.90 Å². The molecule has 1 saturated heterocycles. The van der Waals surface area contributed by atoms with Gasteiger partial charge in [-0.15, -0.1) is 0 Å². The standard InChI is InChI=1S/C28H45N3/c1-29-20-13-17-26(24-29)16-11-9-7-5-3-4-6-8-10-12-22-31-23-14-18-27(25-31)28-19-15-21-30(28)2/h13-14,17-18,20,23-25,28H,3-12,15-16,19,21-22H2,1-2H3/q+2/t28-/m0/s1. The third kappa shape index (κ3) is 8.73. The van der Waals surface area contributed by atoms with Gasteiger partial charge in [-0.2, -0.15) is 0 Å². The summed E-state index contributed by atoms with van der Waals surface area (Å²) in [5, 5.41) is 0. The van der Waals surface area contributed by atoms with Gasteiger partial charge in [-0.25, -0.2) is 9.13 Å². The van der Waals surface area contributed by atoms with Crippen LogP contribution in [0.2, 0.25) is 0 Å². The van der Waals surface area contributed by atoms with E-state index in [4.69, 9.17) is 0 Å². The number of hydrogen-bond acceptors (Lipinski definition) is 1. The Hall–Kier alpha value is -1.74. The zero-order chi connectivity index (χ0) is 21.7. The number of hydrogen-bond donors (Lipinski definition) is 0. The normalized spacial score (nSPS) is 16.8. The van der Waals surface area contributed by atoms with Crippen molar-refractivity contribution in [3.8, 4) is 0 Å². The van der Waals surface area contributed by atoms with E-state index in [9.17, 15) is 0 Å². The summed E-state index contributed by atoms with van der Waals surface area (Å²) in [6.07, 6.45) is 26.8. The van der Waals surface area contributed by atoms with Gasteiger partial charge in [-0.1, -0.05) is 44.9 Å². The first-order valence-electron chi connectivity index (χ1n) is 12.9. The molecule has 0 radical (unpaired) electrons. The molecular formula is C28H45N3+2. The molecule has 1 aliphatic rings. The molecule has 3 nitrogen and oxygen atoms in total. The molecule has 1 atom stereocenters. The van der Waals surface area contributed by atoms with Gasteiger partial charge in [-0.05, 0) is 57.8 Å². The lowest BCUT2D eigenvalue weighted by Gasteiger charge is -2.18. The maximum absolute atomic E-state index is 2.50. The van der Waals surface area contributed by atoms with Crippen molar-refractivity contribution in [1.82, 2.24) is 4.90 Å². The first-order chi connectivity index (χ1) is 15.2. The highest BCUT2D eigenvalue weighted by Crippen LogP contribution is 2.29. The predicted molar refractivity (Wildman–Crippen MR) is 129 cm³/mol. The van der Waals surface area contributed by atoms with Gasteiger partial charge in [0.2, 0.25) is 0 Å². The van der Waals surface area contributed by atoms with Crippen LogP contribution in [0.4, 0.5) is 0 Å². The molecule has 0 aliphatic carbocycles. The Morgan fingerprint density at radius 2 is 1.52 bits per heavy atom. The average molecular weight is 424 g/mol. The first kappa shape index (κ1) is 23.9. The maximum atomic E-state index is 2.50. The van der Waals surface area contributed by atoms with Crippen LogP contribution in [0.15, 0.2) is 49.1 Å². The zero-order valence-electron chi connectivity index (χ0n) is 20.1. The molecule has 0 aromatic carbocycles. The third-order valence-electron chi connectivity index (χ3n) is 6.92. The van der Waals surface area contributed by atoms with Crippen molar-refractivity contribution >= 4 is 0 Å². The molecule has 170 valence electrons. The number of aromatic nitrogens is 2. The maximum Gasteiger partial charge on any atom is 0.173 e. The zero-order valence-corrected chi connectivity index (χ0v) is 20.1. The van der Waals surface area contributed by atoms with Crippen molar-refractivity contribution in [3.05, 3.63) is 60.2 Å². The Balaban J connectivity index is 1.15. The van der Waals surface area contributed by atoms with Crippen LogP contribution in [0.1, 0.15) is 94.2 Å². The topological polar surface area (TPSA) is 11.0 Å². The Kier molecular flexibility index (Phi) is 10.5. The second-order valence-corrected chi connectivity index (χ2v) is 9.68. The quantitative estimate of drug-likeness (QED) is 0.280. The fourth-order valence-corrected chi connectivity index (χ4v) is 5.05. The minimum absolute atomic E-state index is 0.633. The Morgan fingerprint density at radius 1 is 0.839 bits per heavy atom. The largest absolute Gasteiger partial charge is 0.299 e. The van der Waals surface area contributed by atoms with Crippen molar-refractivity contribution in [2.45, 2.75) is 96.1 Å². The molecule has 0 N–H and O–H groups in total. The van der Waals surface area contributed by atoms with Gasteiger partial charge >= 0.3 is 0 Å². The summed E-state index contributed by atoms with van der Waals surface area (Å²) < 4.78 is 4.57. The van der Waals surface area contributed by atoms with Crippen LogP contribution in [-0.4, -0.2) is 18.5 Å². The van der Waals surface area contributed by atoms with E-state index in [1.807, 2.05) is 0 Å². The number of unbranched alkanes of at least 4 members (excludes halogenated alkanes) is 9. The summed E-state index contributed by atoms with van der Waals surface area (Å²) in [5.74, 6) is 0. The molecule has 1 fully saturated rings. The van der Waals surface area contributed by atoms with Gasteiger partial charge in [0.1, 0.15) is 13.6 Å². The van der Waals surface area contributed by atoms with Crippen molar-refractivity contribution in [2.24, 2.45) is 7.05 Å². The van der Waals surface area contributed by atoms with E-state index < -0.39 is 0 Å². The summed E-state index contributed by atoms with van der Waals surface area (Å²) in [5.41, 5.74) is 2.97. The van der Waals surface area contributed by atoms with E-state index >= 15 is 0 Å². The second-order valence-electron chi connectivity index (χ2n) is 9.68. The van der Waals surface area contributed by atoms with Crippen LogP contribution in [0.5, 0.6) is 0 Å². The van der Waals surface area contributed by atoms with Crippen LogP contribution in [0.25, 0.3) is 0 Å². The summed E-state index contributed by atoms with van der Waals surface area (Å²) in [6.45, 7) is 2.41. The monoisotopic (exact) mass is 423 g/mol. The van der Waals surface area contributed by atoms with Crippen LogP contribution < -0.4 is 9.13 Å². The number of nitrogens with zero attached hydrogens (tertiary/aromatic N) is 3. The molecule has 3 rings (SSSR count). The molecule has 2 aromatic heterocycles. The fourth-order valence-electron chi connectivity index (χ4n) is 5.05. The van der Waals surface area contributed by atoms with Crippen molar-refractivity contribution in [3.63, 3.8) is 0 Å². The van der Waals surface area contributed by atoms with Gasteiger partial charge in [0.05, 0.1) is 0 Å². The highest BCUT2D eigenvalue weighted by atomic mass is 15.1. The highest BCUT2D eigenvalue weighted by molar-refractivity contribution is 5.12. The van der Waals surface area contributed by atoms with E-state index in [-0.39, 0.29) is 0 Å². The Morgan fingerprint density at radius 3 is 2.19 bits per heavy atom. The molecule has 1 aliphatic heterocycles. The SMILES string of the molecule is CN1CCC[C@H]1c1ccc[n+](CCCCCCCCCCCCc2ccc[n+](C)c2)c1. The van der Waals surface area contributed by atoms with E-state index in [2.05, 4.69) is 77.2 Å². The molecule has 3 heteroatoms. The second kappa shape index (κ2) is 13.6. The van der Waals surface area contributed by atoms with Crippen LogP contribution in [-0.2, 0) is 20.0 Å². The first-order valence-corrected chi connectivity index (χ1v) is 12.9. The number of aryl methyl sites for hydroxylation is 3. The van der Waals surface area contributed by atoms with Gasteiger partial charge in [0.15, 0.2) is 24.8 Å². The van der Waals surface area contributed by atoms with Gasteiger partial charge in [0, 0.05) is 35.7 Å². The summed E-state index contributed by atoms with van der Waals surface area (Å²) in [6, 6.07) is 9.59. The lowest BCUT2D eigenvalue weighted by Crippen LogP contribution is -2.34. The van der Waals surface area contributed by atoms with Gasteiger partial charge < -0.3 is 0 Å². The van der Waals surface area contributed by atoms with E-state index in [0.717, 1.165) is 0 Å². The van der Waals surface area contributed by atoms with E-state index in [1.165, 1.54) is 108 Å². The van der Waals surface area contributed by atoms with Gasteiger partial charge in [0.25, 0.3) is 0 Å². The molecule has 31 heavy (non-hydrogen) atoms. The van der Waals surface area contributed by atoms with Crippen LogP contribution in [0.3, 0.4) is 0 Å². The van der Waals surface area contributed by atoms with Crippen LogP contribution in [0, 0.1) is 0 Å². The minimum atomic E-state index is 0.633. The molecule has 0 amide bonds. The molecule has 0 saturated carbocycles. The summed E-state index contributed by atoms with van der Waals surface area (Å²) in [7, 11) is 4.37. The molecular weight excluding hydrogens is 378 g/mol. The third-order valence-corrected chi connectivity index (χ3v) is 6.92. The predicted octanol–water partition coefficient (Wildman–Crippen LogP) is 5.71. The van der Waals surface area contributed by atoms with Crippen LogP contribution >= 0.6 is 0 Å². The Labute approximate surface area is 191 Å². The smallest absolute Gasteiger partial charge is 0.173 e. The molecule has 0 unspecified atom stereocenters. The lowest BCUT2D eigenvalue weighted by molar-refractivity contribution is -0.697. The van der Waals surface area contributed by atoms with Crippen molar-refractivity contribution in [2.75, 3.05) is 13.6 Å². The van der Waals surface area contributed by atoms with E-state index in [1.54, 1.807) is 0 Å². The molecule has 0 spiro atoms. The Bertz CT molecular complexity index is 757. The van der Waals surface area contributed by atoms with E-state index in [0.29, 0.717) is 6.04 Å². The van der Waals surface area contributed by atoms with Crippen molar-refractivity contribution in [1.29, 1.82) is 0 Å². The van der Waals surface area contributed by atoms with Crippen molar-refractivity contribution < 1.29 is 9.13 Å².